The lowest BCUT2D eigenvalue weighted by atomic mass is 9.93. The molecule has 0 spiro atoms. The fourth-order valence-corrected chi connectivity index (χ4v) is 2.45. The lowest BCUT2D eigenvalue weighted by Crippen LogP contribution is -1.93. The van der Waals surface area contributed by atoms with Gasteiger partial charge in [0.25, 0.3) is 0 Å². The molecular weight excluding hydrogens is 293 g/mol. The van der Waals surface area contributed by atoms with Gasteiger partial charge in [0.2, 0.25) is 0 Å². The highest BCUT2D eigenvalue weighted by atomic mass is 19.1. The highest BCUT2D eigenvalue weighted by molar-refractivity contribution is 5.83. The lowest BCUT2D eigenvalue weighted by molar-refractivity contribution is 0.267. The molecule has 0 N–H and O–H groups in total. The molecule has 1 heterocycles. The van der Waals surface area contributed by atoms with Crippen LogP contribution >= 0.6 is 0 Å². The number of nitrogens with zero attached hydrogens (tertiary/aromatic N) is 1. The van der Waals surface area contributed by atoms with Crippen molar-refractivity contribution in [3.05, 3.63) is 78.4 Å². The zero-order valence-corrected chi connectivity index (χ0v) is 12.2. The highest BCUT2D eigenvalue weighted by Gasteiger charge is 2.09. The van der Waals surface area contributed by atoms with E-state index in [4.69, 9.17) is 4.74 Å². The lowest BCUT2D eigenvalue weighted by Gasteiger charge is -2.12. The Morgan fingerprint density at radius 1 is 0.913 bits per heavy atom. The molecule has 3 nitrogen and oxygen atoms in total. The van der Waals surface area contributed by atoms with Crippen molar-refractivity contribution in [2.45, 2.75) is 6.61 Å². The third-order valence-electron chi connectivity index (χ3n) is 3.53. The van der Waals surface area contributed by atoms with Gasteiger partial charge in [-0.1, -0.05) is 24.3 Å². The average molecular weight is 306 g/mol. The van der Waals surface area contributed by atoms with Crippen molar-refractivity contribution in [1.82, 2.24) is 4.98 Å². The van der Waals surface area contributed by atoms with Crippen molar-refractivity contribution < 1.29 is 13.9 Å². The van der Waals surface area contributed by atoms with Crippen LogP contribution < -0.4 is 0 Å². The molecule has 4 heteroatoms. The monoisotopic (exact) mass is 306 g/mol. The summed E-state index contributed by atoms with van der Waals surface area (Å²) in [5, 5.41) is 0. The second-order valence-electron chi connectivity index (χ2n) is 4.99. The van der Waals surface area contributed by atoms with E-state index in [0.29, 0.717) is 0 Å². The van der Waals surface area contributed by atoms with Crippen LogP contribution in [-0.4, -0.2) is 11.5 Å². The Kier molecular flexibility index (Phi) is 4.43. The number of carbonyl (C=O) groups excluding carboxylic acids is 1. The van der Waals surface area contributed by atoms with E-state index in [0.717, 1.165) is 27.8 Å². The minimum Gasteiger partial charge on any atom is -0.452 e. The molecule has 0 bridgehead atoms. The van der Waals surface area contributed by atoms with Gasteiger partial charge in [-0.3, -0.25) is 4.98 Å². The summed E-state index contributed by atoms with van der Waals surface area (Å²) in [7, 11) is 0. The molecule has 23 heavy (non-hydrogen) atoms. The molecule has 113 valence electrons. The maximum Gasteiger partial charge on any atom is 0.417 e. The van der Waals surface area contributed by atoms with E-state index in [2.05, 4.69) is 4.98 Å². The van der Waals surface area contributed by atoms with Gasteiger partial charge in [0, 0.05) is 12.4 Å². The summed E-state index contributed by atoms with van der Waals surface area (Å²) < 4.78 is 17.9. The van der Waals surface area contributed by atoms with Gasteiger partial charge in [-0.05, 0) is 58.1 Å². The normalized spacial score (nSPS) is 10.3. The molecule has 3 aromatic rings. The molecule has 3 rings (SSSR count). The molecule has 0 saturated carbocycles. The fourth-order valence-electron chi connectivity index (χ4n) is 2.45. The van der Waals surface area contributed by atoms with Gasteiger partial charge >= 0.3 is 6.47 Å². The predicted octanol–water partition coefficient (Wildman–Crippen LogP) is 4.14. The van der Waals surface area contributed by atoms with E-state index in [1.807, 2.05) is 30.3 Å². The van der Waals surface area contributed by atoms with E-state index in [1.165, 1.54) is 18.6 Å². The first-order valence-corrected chi connectivity index (χ1v) is 7.06. The molecule has 0 aliphatic carbocycles. The Hall–Kier alpha value is -3.01. The molecule has 0 aliphatic heterocycles. The quantitative estimate of drug-likeness (QED) is 0.711. The highest BCUT2D eigenvalue weighted by Crippen LogP contribution is 2.33. The van der Waals surface area contributed by atoms with Gasteiger partial charge in [-0.2, -0.15) is 0 Å². The maximum absolute atomic E-state index is 13.2. The Labute approximate surface area is 133 Å². The predicted molar refractivity (Wildman–Crippen MR) is 85.5 cm³/mol. The van der Waals surface area contributed by atoms with E-state index in [9.17, 15) is 9.18 Å². The van der Waals surface area contributed by atoms with Crippen LogP contribution in [0, 0.1) is 5.82 Å². The summed E-state index contributed by atoms with van der Waals surface area (Å²) in [6, 6.07) is 15.9. The van der Waals surface area contributed by atoms with E-state index in [-0.39, 0.29) is 12.4 Å². The number of ether oxygens (including phenoxy) is 1. The van der Waals surface area contributed by atoms with Crippen molar-refractivity contribution in [3.8, 4) is 22.3 Å². The number of pyridine rings is 1. The summed E-state index contributed by atoms with van der Waals surface area (Å²) in [5.41, 5.74) is 4.68. The summed E-state index contributed by atoms with van der Waals surface area (Å²) in [4.78, 5) is 14.3. The summed E-state index contributed by atoms with van der Waals surface area (Å²) in [6.45, 7) is 1.58. The number of aromatic nitrogens is 1. The molecule has 0 amide bonds. The fraction of sp³-hybridized carbons (Fsp3) is 0.0526. The summed E-state index contributed by atoms with van der Waals surface area (Å²) in [6.07, 6.45) is 3.43. The Bertz CT molecular complexity index is 801. The SMILES string of the molecule is O=[C]OCc1ccc(-c2ccc(F)cc2)c(-c2ccncc2)c1. The third kappa shape index (κ3) is 3.43. The molecule has 0 unspecified atom stereocenters. The van der Waals surface area contributed by atoms with E-state index < -0.39 is 0 Å². The first-order valence-electron chi connectivity index (χ1n) is 7.06. The van der Waals surface area contributed by atoms with Crippen LogP contribution in [0.1, 0.15) is 5.56 Å². The molecule has 1 radical (unpaired) electrons. The van der Waals surface area contributed by atoms with Crippen LogP contribution in [0.4, 0.5) is 4.39 Å². The molecule has 0 atom stereocenters. The summed E-state index contributed by atoms with van der Waals surface area (Å²) in [5.74, 6) is -0.272. The van der Waals surface area contributed by atoms with Gasteiger partial charge in [0.15, 0.2) is 0 Å². The van der Waals surface area contributed by atoms with Gasteiger partial charge in [-0.15, -0.1) is 0 Å². The number of halogens is 1. The molecule has 1 aromatic heterocycles. The topological polar surface area (TPSA) is 39.2 Å². The second-order valence-corrected chi connectivity index (χ2v) is 4.99. The van der Waals surface area contributed by atoms with Crippen LogP contribution in [0.25, 0.3) is 22.3 Å². The van der Waals surface area contributed by atoms with Crippen molar-refractivity contribution >= 4 is 6.47 Å². The van der Waals surface area contributed by atoms with Gasteiger partial charge in [0.1, 0.15) is 12.4 Å². The number of hydrogen-bond acceptors (Lipinski definition) is 3. The largest absolute Gasteiger partial charge is 0.452 e. The van der Waals surface area contributed by atoms with Crippen LogP contribution in [0.15, 0.2) is 67.0 Å². The van der Waals surface area contributed by atoms with Crippen molar-refractivity contribution in [1.29, 1.82) is 0 Å². The Morgan fingerprint density at radius 3 is 2.30 bits per heavy atom. The van der Waals surface area contributed by atoms with Crippen molar-refractivity contribution in [2.24, 2.45) is 0 Å². The van der Waals surface area contributed by atoms with Crippen LogP contribution in [-0.2, 0) is 16.1 Å². The molecule has 0 fully saturated rings. The first-order chi connectivity index (χ1) is 11.3. The van der Waals surface area contributed by atoms with Crippen LogP contribution in [0.3, 0.4) is 0 Å². The van der Waals surface area contributed by atoms with Gasteiger partial charge < -0.3 is 4.74 Å². The van der Waals surface area contributed by atoms with Gasteiger partial charge in [-0.25, -0.2) is 9.18 Å². The van der Waals surface area contributed by atoms with E-state index in [1.54, 1.807) is 24.5 Å². The number of hydrogen-bond donors (Lipinski definition) is 0. The molecule has 0 aliphatic rings. The molecule has 0 saturated heterocycles. The first kappa shape index (κ1) is 14.9. The van der Waals surface area contributed by atoms with Crippen molar-refractivity contribution in [2.75, 3.05) is 0 Å². The van der Waals surface area contributed by atoms with E-state index >= 15 is 0 Å². The number of benzene rings is 2. The Morgan fingerprint density at radius 2 is 1.61 bits per heavy atom. The zero-order valence-electron chi connectivity index (χ0n) is 12.2. The van der Waals surface area contributed by atoms with Crippen LogP contribution in [0.2, 0.25) is 0 Å². The third-order valence-corrected chi connectivity index (χ3v) is 3.53. The minimum absolute atomic E-state index is 0.158. The Balaban J connectivity index is 2.11. The summed E-state index contributed by atoms with van der Waals surface area (Å²) >= 11 is 0. The molecule has 2 aromatic carbocycles. The smallest absolute Gasteiger partial charge is 0.417 e. The van der Waals surface area contributed by atoms with Crippen LogP contribution in [0.5, 0.6) is 0 Å². The maximum atomic E-state index is 13.2. The minimum atomic E-state index is -0.272. The number of rotatable bonds is 5. The second kappa shape index (κ2) is 6.83. The van der Waals surface area contributed by atoms with Gasteiger partial charge in [0.05, 0.1) is 0 Å². The molecular formula is C19H13FNO2. The van der Waals surface area contributed by atoms with Crippen molar-refractivity contribution in [3.63, 3.8) is 0 Å². The standard InChI is InChI=1S/C19H13FNO2/c20-17-4-2-15(3-5-17)18-6-1-14(12-23-13-22)11-19(18)16-7-9-21-10-8-16/h1-11H,12H2. The zero-order chi connectivity index (χ0) is 16.1. The average Bonchev–Trinajstić information content (AvgIpc) is 2.61.